The molecule has 0 spiro atoms. The molecule has 0 bridgehead atoms. The largest absolute Gasteiger partial charge is 0.327 e. The van der Waals surface area contributed by atoms with Crippen LogP contribution in [0.5, 0.6) is 0 Å². The molecule has 2 aliphatic rings. The van der Waals surface area contributed by atoms with Crippen LogP contribution in [0.15, 0.2) is 23.1 Å². The lowest BCUT2D eigenvalue weighted by molar-refractivity contribution is 0.551. The maximum absolute atomic E-state index is 6.15. The van der Waals surface area contributed by atoms with Gasteiger partial charge in [0.05, 0.1) is 0 Å². The third-order valence-electron chi connectivity index (χ3n) is 3.94. The van der Waals surface area contributed by atoms with Gasteiger partial charge in [-0.25, -0.2) is 0 Å². The molecular weight excluding hydrogens is 202 g/mol. The summed E-state index contributed by atoms with van der Waals surface area (Å²) in [6.45, 7) is 2.16. The summed E-state index contributed by atoms with van der Waals surface area (Å²) in [6, 6.07) is 7.07. The van der Waals surface area contributed by atoms with E-state index in [2.05, 4.69) is 25.1 Å². The molecule has 1 aliphatic heterocycles. The number of rotatable bonds is 2. The van der Waals surface area contributed by atoms with Crippen LogP contribution in [0.4, 0.5) is 0 Å². The molecule has 15 heavy (non-hydrogen) atoms. The smallest absolute Gasteiger partial charge is 0.0108 e. The molecule has 1 aromatic rings. The lowest BCUT2D eigenvalue weighted by Gasteiger charge is -2.22. The van der Waals surface area contributed by atoms with E-state index >= 15 is 0 Å². The number of hydrogen-bond donors (Lipinski definition) is 1. The van der Waals surface area contributed by atoms with E-state index in [1.165, 1.54) is 29.9 Å². The molecule has 1 aromatic carbocycles. The highest BCUT2D eigenvalue weighted by molar-refractivity contribution is 7.99. The molecule has 0 saturated heterocycles. The Morgan fingerprint density at radius 1 is 1.40 bits per heavy atom. The fourth-order valence-corrected chi connectivity index (χ4v) is 3.88. The van der Waals surface area contributed by atoms with E-state index in [0.717, 1.165) is 0 Å². The molecule has 1 nitrogen and oxygen atoms in total. The Balaban J connectivity index is 2.10. The van der Waals surface area contributed by atoms with E-state index in [-0.39, 0.29) is 0 Å². The van der Waals surface area contributed by atoms with Gasteiger partial charge in [-0.15, -0.1) is 11.8 Å². The number of nitrogens with two attached hydrogens (primary N) is 1. The van der Waals surface area contributed by atoms with Crippen molar-refractivity contribution in [3.63, 3.8) is 0 Å². The van der Waals surface area contributed by atoms with Gasteiger partial charge in [-0.3, -0.25) is 0 Å². The van der Waals surface area contributed by atoms with Crippen LogP contribution < -0.4 is 5.73 Å². The number of benzene rings is 1. The topological polar surface area (TPSA) is 26.0 Å². The van der Waals surface area contributed by atoms with Gasteiger partial charge in [0.25, 0.3) is 0 Å². The number of hydrogen-bond acceptors (Lipinski definition) is 2. The maximum Gasteiger partial charge on any atom is 0.0108 e. The van der Waals surface area contributed by atoms with Crippen LogP contribution in [0.2, 0.25) is 0 Å². The van der Waals surface area contributed by atoms with Gasteiger partial charge >= 0.3 is 0 Å². The van der Waals surface area contributed by atoms with Gasteiger partial charge in [0.15, 0.2) is 0 Å². The monoisotopic (exact) mass is 219 g/mol. The zero-order valence-electron chi connectivity index (χ0n) is 9.12. The molecule has 1 heterocycles. The van der Waals surface area contributed by atoms with Crippen LogP contribution in [0.3, 0.4) is 0 Å². The summed E-state index contributed by atoms with van der Waals surface area (Å²) in [5.41, 5.74) is 9.63. The molecule has 1 atom stereocenters. The highest BCUT2D eigenvalue weighted by atomic mass is 32.2. The van der Waals surface area contributed by atoms with E-state index < -0.39 is 0 Å². The molecule has 0 aromatic heterocycles. The van der Waals surface area contributed by atoms with Gasteiger partial charge in [-0.1, -0.05) is 12.1 Å². The predicted octanol–water partition coefficient (Wildman–Crippen LogP) is 2.71. The second-order valence-electron chi connectivity index (χ2n) is 4.83. The summed E-state index contributed by atoms with van der Waals surface area (Å²) in [6.07, 6.45) is 3.81. The molecule has 1 saturated carbocycles. The normalized spacial score (nSPS) is 23.6. The molecule has 1 aliphatic carbocycles. The third-order valence-corrected chi connectivity index (χ3v) is 5.04. The first-order chi connectivity index (χ1) is 7.24. The van der Waals surface area contributed by atoms with Crippen molar-refractivity contribution in [3.8, 4) is 0 Å². The number of thioether (sulfide) groups is 1. The molecule has 80 valence electrons. The van der Waals surface area contributed by atoms with Crippen LogP contribution in [-0.2, 0) is 11.8 Å². The molecule has 3 rings (SSSR count). The van der Waals surface area contributed by atoms with Gasteiger partial charge in [0, 0.05) is 22.1 Å². The average Bonchev–Trinajstić information content (AvgIpc) is 2.89. The Morgan fingerprint density at radius 2 is 2.20 bits per heavy atom. The van der Waals surface area contributed by atoms with Crippen LogP contribution in [0.25, 0.3) is 0 Å². The molecule has 2 heteroatoms. The SMILES string of the molecule is CC(N)C1(c2cccc3c2CCS3)CC1. The third kappa shape index (κ3) is 1.35. The lowest BCUT2D eigenvalue weighted by atomic mass is 9.85. The van der Waals surface area contributed by atoms with Crippen molar-refractivity contribution in [1.29, 1.82) is 0 Å². The zero-order valence-corrected chi connectivity index (χ0v) is 9.94. The van der Waals surface area contributed by atoms with Gasteiger partial charge in [-0.2, -0.15) is 0 Å². The van der Waals surface area contributed by atoms with E-state index in [9.17, 15) is 0 Å². The second-order valence-corrected chi connectivity index (χ2v) is 5.96. The summed E-state index contributed by atoms with van der Waals surface area (Å²) in [5.74, 6) is 1.25. The first kappa shape index (κ1) is 9.73. The van der Waals surface area contributed by atoms with E-state index in [4.69, 9.17) is 5.73 Å². The summed E-state index contributed by atoms with van der Waals surface area (Å²) in [4.78, 5) is 1.50. The summed E-state index contributed by atoms with van der Waals surface area (Å²) >= 11 is 2.00. The van der Waals surface area contributed by atoms with E-state index in [0.29, 0.717) is 11.5 Å². The van der Waals surface area contributed by atoms with E-state index in [1.807, 2.05) is 11.8 Å². The highest BCUT2D eigenvalue weighted by Crippen LogP contribution is 2.53. The lowest BCUT2D eigenvalue weighted by Crippen LogP contribution is -2.32. The predicted molar refractivity (Wildman–Crippen MR) is 65.4 cm³/mol. The standard InChI is InChI=1S/C13H17NS/c1-9(14)13(6-7-13)11-3-2-4-12-10(11)5-8-15-12/h2-4,9H,5-8,14H2,1H3. The Labute approximate surface area is 95.4 Å². The minimum atomic E-state index is 0.301. The van der Waals surface area contributed by atoms with Gasteiger partial charge in [0.1, 0.15) is 0 Å². The first-order valence-corrected chi connectivity index (χ1v) is 6.73. The molecule has 0 amide bonds. The quantitative estimate of drug-likeness (QED) is 0.827. The maximum atomic E-state index is 6.15. The van der Waals surface area contributed by atoms with Crippen LogP contribution in [0.1, 0.15) is 30.9 Å². The molecule has 1 fully saturated rings. The van der Waals surface area contributed by atoms with Crippen LogP contribution in [0, 0.1) is 0 Å². The number of fused-ring (bicyclic) bond motifs is 1. The van der Waals surface area contributed by atoms with Crippen molar-refractivity contribution in [1.82, 2.24) is 0 Å². The van der Waals surface area contributed by atoms with Gasteiger partial charge < -0.3 is 5.73 Å². The van der Waals surface area contributed by atoms with Gasteiger partial charge in [0.2, 0.25) is 0 Å². The average molecular weight is 219 g/mol. The first-order valence-electron chi connectivity index (χ1n) is 5.75. The van der Waals surface area contributed by atoms with Crippen molar-refractivity contribution >= 4 is 11.8 Å². The van der Waals surface area contributed by atoms with Crippen molar-refractivity contribution in [2.75, 3.05) is 5.75 Å². The summed E-state index contributed by atoms with van der Waals surface area (Å²) in [5, 5.41) is 0. The van der Waals surface area contributed by atoms with Crippen molar-refractivity contribution in [2.45, 2.75) is 42.5 Å². The fraction of sp³-hybridized carbons (Fsp3) is 0.538. The van der Waals surface area contributed by atoms with Gasteiger partial charge in [-0.05, 0) is 43.4 Å². The van der Waals surface area contributed by atoms with Crippen molar-refractivity contribution < 1.29 is 0 Å². The summed E-state index contributed by atoms with van der Waals surface area (Å²) < 4.78 is 0. The zero-order chi connectivity index (χ0) is 10.5. The van der Waals surface area contributed by atoms with Crippen LogP contribution in [-0.4, -0.2) is 11.8 Å². The van der Waals surface area contributed by atoms with Crippen molar-refractivity contribution in [3.05, 3.63) is 29.3 Å². The molecular formula is C13H17NS. The Bertz CT molecular complexity index is 394. The molecule has 0 radical (unpaired) electrons. The minimum Gasteiger partial charge on any atom is -0.327 e. The Hall–Kier alpha value is -0.470. The second kappa shape index (κ2) is 3.26. The van der Waals surface area contributed by atoms with Crippen molar-refractivity contribution in [2.24, 2.45) is 5.73 Å². The van der Waals surface area contributed by atoms with E-state index in [1.54, 1.807) is 11.1 Å². The Kier molecular flexibility index (Phi) is 2.12. The Morgan fingerprint density at radius 3 is 2.87 bits per heavy atom. The fourth-order valence-electron chi connectivity index (χ4n) is 2.79. The van der Waals surface area contributed by atoms with Crippen LogP contribution >= 0.6 is 11.8 Å². The minimum absolute atomic E-state index is 0.301. The molecule has 1 unspecified atom stereocenters. The molecule has 2 N–H and O–H groups in total. The summed E-state index contributed by atoms with van der Waals surface area (Å²) in [7, 11) is 0. The highest BCUT2D eigenvalue weighted by Gasteiger charge is 2.48.